The highest BCUT2D eigenvalue weighted by atomic mass is 16.6. The Morgan fingerprint density at radius 2 is 1.96 bits per heavy atom. The molecule has 0 bridgehead atoms. The van der Waals surface area contributed by atoms with E-state index in [0.717, 1.165) is 36.6 Å². The van der Waals surface area contributed by atoms with Crippen molar-refractivity contribution in [1.82, 2.24) is 14.7 Å². The Balaban J connectivity index is 1.52. The maximum absolute atomic E-state index is 12.8. The van der Waals surface area contributed by atoms with Gasteiger partial charge in [-0.3, -0.25) is 9.20 Å². The van der Waals surface area contributed by atoms with Crippen molar-refractivity contribution >= 4 is 11.3 Å². The fourth-order valence-corrected chi connectivity index (χ4v) is 3.80. The third-order valence-corrected chi connectivity index (χ3v) is 5.22. The molecule has 144 valence electrons. The largest absolute Gasteiger partial charge is 0.486 e. The molecule has 0 radical (unpaired) electrons. The Labute approximate surface area is 162 Å². The molecule has 1 saturated heterocycles. The van der Waals surface area contributed by atoms with Crippen LogP contribution in [0.3, 0.4) is 0 Å². The average Bonchev–Trinajstić information content (AvgIpc) is 2.73. The van der Waals surface area contributed by atoms with E-state index < -0.39 is 0 Å². The first-order valence-corrected chi connectivity index (χ1v) is 9.59. The fourth-order valence-electron chi connectivity index (χ4n) is 3.80. The Hall–Kier alpha value is -3.06. The van der Waals surface area contributed by atoms with Crippen molar-refractivity contribution < 1.29 is 9.47 Å². The minimum atomic E-state index is -0.0973. The molecule has 2 aliphatic rings. The quantitative estimate of drug-likeness (QED) is 0.735. The van der Waals surface area contributed by atoms with Crippen molar-refractivity contribution in [3.05, 3.63) is 52.9 Å². The maximum Gasteiger partial charge on any atom is 0.258 e. The van der Waals surface area contributed by atoms with E-state index in [1.54, 1.807) is 10.5 Å². The molecule has 7 nitrogen and oxygen atoms in total. The van der Waals surface area contributed by atoms with Crippen molar-refractivity contribution in [2.24, 2.45) is 0 Å². The zero-order valence-electron chi connectivity index (χ0n) is 15.7. The number of aromatic nitrogens is 2. The van der Waals surface area contributed by atoms with Gasteiger partial charge in [-0.05, 0) is 37.3 Å². The minimum absolute atomic E-state index is 0.0973. The molecular weight excluding hydrogens is 356 g/mol. The zero-order valence-corrected chi connectivity index (χ0v) is 15.7. The first kappa shape index (κ1) is 17.1. The van der Waals surface area contributed by atoms with Gasteiger partial charge in [0.05, 0.1) is 11.4 Å². The van der Waals surface area contributed by atoms with Crippen molar-refractivity contribution in [3.8, 4) is 22.8 Å². The number of pyridine rings is 1. The number of piperazine rings is 1. The number of hydrogen-bond acceptors (Lipinski definition) is 6. The van der Waals surface area contributed by atoms with Crippen LogP contribution in [0.4, 0.5) is 5.69 Å². The number of ether oxygens (including phenoxy) is 2. The van der Waals surface area contributed by atoms with Crippen LogP contribution < -0.4 is 25.2 Å². The van der Waals surface area contributed by atoms with Crippen molar-refractivity contribution in [2.45, 2.75) is 13.0 Å². The highest BCUT2D eigenvalue weighted by Gasteiger charge is 2.17. The molecule has 0 unspecified atom stereocenters. The summed E-state index contributed by atoms with van der Waals surface area (Å²) in [5, 5.41) is 3.44. The third-order valence-electron chi connectivity index (χ3n) is 5.22. The number of benzene rings is 1. The lowest BCUT2D eigenvalue weighted by Gasteiger charge is -2.33. The molecule has 5 rings (SSSR count). The molecule has 28 heavy (non-hydrogen) atoms. The first-order valence-electron chi connectivity index (χ1n) is 9.59. The average molecular weight is 378 g/mol. The fraction of sp³-hybridized carbons (Fsp3) is 0.333. The van der Waals surface area contributed by atoms with Gasteiger partial charge in [0.15, 0.2) is 11.5 Å². The van der Waals surface area contributed by atoms with Crippen LogP contribution in [0.1, 0.15) is 6.92 Å². The topological polar surface area (TPSA) is 68.1 Å². The van der Waals surface area contributed by atoms with Crippen LogP contribution in [-0.2, 0) is 0 Å². The summed E-state index contributed by atoms with van der Waals surface area (Å²) in [5.74, 6) is 1.41. The molecule has 2 aromatic heterocycles. The van der Waals surface area contributed by atoms with Gasteiger partial charge in [0.25, 0.3) is 5.56 Å². The van der Waals surface area contributed by atoms with E-state index in [2.05, 4.69) is 17.1 Å². The van der Waals surface area contributed by atoms with E-state index in [1.165, 1.54) is 0 Å². The molecule has 3 aromatic rings. The van der Waals surface area contributed by atoms with E-state index in [1.807, 2.05) is 36.5 Å². The van der Waals surface area contributed by atoms with Crippen LogP contribution in [0.2, 0.25) is 0 Å². The third kappa shape index (κ3) is 3.07. The Bertz CT molecular complexity index is 1090. The van der Waals surface area contributed by atoms with Crippen LogP contribution in [0.5, 0.6) is 11.5 Å². The lowest BCUT2D eigenvalue weighted by Crippen LogP contribution is -2.49. The van der Waals surface area contributed by atoms with E-state index in [0.29, 0.717) is 36.3 Å². The van der Waals surface area contributed by atoms with E-state index in [-0.39, 0.29) is 5.56 Å². The van der Waals surface area contributed by atoms with Crippen LogP contribution >= 0.6 is 0 Å². The normalized spacial score (nSPS) is 19.0. The van der Waals surface area contributed by atoms with Crippen LogP contribution in [-0.4, -0.2) is 48.3 Å². The number of nitrogens with zero attached hydrogens (tertiary/aromatic N) is 3. The Morgan fingerprint density at radius 3 is 2.82 bits per heavy atom. The molecule has 4 heterocycles. The summed E-state index contributed by atoms with van der Waals surface area (Å²) < 4.78 is 12.8. The van der Waals surface area contributed by atoms with Gasteiger partial charge in [-0.1, -0.05) is 0 Å². The molecule has 0 amide bonds. The second-order valence-electron chi connectivity index (χ2n) is 7.25. The molecule has 0 spiro atoms. The molecule has 1 aromatic carbocycles. The molecule has 0 saturated carbocycles. The van der Waals surface area contributed by atoms with Gasteiger partial charge < -0.3 is 19.7 Å². The molecular formula is C21H22N4O3. The SMILES string of the molecule is C[C@H]1CN(c2ccc3nc(-c4ccc5c(c4)OCCO5)cc(=O)n3c2)CCN1. The van der Waals surface area contributed by atoms with Gasteiger partial charge in [0, 0.05) is 43.5 Å². The highest BCUT2D eigenvalue weighted by molar-refractivity contribution is 5.66. The van der Waals surface area contributed by atoms with E-state index in [4.69, 9.17) is 14.5 Å². The molecule has 1 atom stereocenters. The minimum Gasteiger partial charge on any atom is -0.486 e. The van der Waals surface area contributed by atoms with Crippen LogP contribution in [0.15, 0.2) is 47.4 Å². The van der Waals surface area contributed by atoms with Crippen LogP contribution in [0.25, 0.3) is 16.9 Å². The molecule has 0 aliphatic carbocycles. The number of hydrogen-bond donors (Lipinski definition) is 1. The summed E-state index contributed by atoms with van der Waals surface area (Å²) in [4.78, 5) is 19.8. The lowest BCUT2D eigenvalue weighted by atomic mass is 10.1. The van der Waals surface area contributed by atoms with Gasteiger partial charge in [-0.2, -0.15) is 0 Å². The van der Waals surface area contributed by atoms with E-state index >= 15 is 0 Å². The molecule has 1 N–H and O–H groups in total. The summed E-state index contributed by atoms with van der Waals surface area (Å²) in [5.41, 5.74) is 3.04. The number of nitrogens with one attached hydrogen (secondary N) is 1. The summed E-state index contributed by atoms with van der Waals surface area (Å²) in [6, 6.07) is 11.6. The monoisotopic (exact) mass is 378 g/mol. The van der Waals surface area contributed by atoms with Gasteiger partial charge in [0.1, 0.15) is 18.9 Å². The maximum atomic E-state index is 12.8. The van der Waals surface area contributed by atoms with Gasteiger partial charge in [-0.25, -0.2) is 4.98 Å². The predicted octanol–water partition coefficient (Wildman–Crippen LogP) is 1.93. The first-order chi connectivity index (χ1) is 13.7. The summed E-state index contributed by atoms with van der Waals surface area (Å²) in [6.07, 6.45) is 1.89. The second-order valence-corrected chi connectivity index (χ2v) is 7.25. The summed E-state index contributed by atoms with van der Waals surface area (Å²) >= 11 is 0. The summed E-state index contributed by atoms with van der Waals surface area (Å²) in [7, 11) is 0. The smallest absolute Gasteiger partial charge is 0.258 e. The standard InChI is InChI=1S/C21H22N4O3/c1-14-12-24(7-6-22-14)16-3-5-20-23-17(11-21(26)25(20)13-16)15-2-4-18-19(10-15)28-9-8-27-18/h2-5,10-11,13-14,22H,6-9,12H2,1H3/t14-/m0/s1. The van der Waals surface area contributed by atoms with Crippen molar-refractivity contribution in [2.75, 3.05) is 37.7 Å². The number of fused-ring (bicyclic) bond motifs is 2. The zero-order chi connectivity index (χ0) is 19.1. The van der Waals surface area contributed by atoms with Crippen molar-refractivity contribution in [3.63, 3.8) is 0 Å². The number of anilines is 1. The van der Waals surface area contributed by atoms with Gasteiger partial charge in [0.2, 0.25) is 0 Å². The number of rotatable bonds is 2. The highest BCUT2D eigenvalue weighted by Crippen LogP contribution is 2.33. The second kappa shape index (κ2) is 6.83. The predicted molar refractivity (Wildman–Crippen MR) is 108 cm³/mol. The van der Waals surface area contributed by atoms with Gasteiger partial charge in [-0.15, -0.1) is 0 Å². The Kier molecular flexibility index (Phi) is 4.16. The summed E-state index contributed by atoms with van der Waals surface area (Å²) in [6.45, 7) is 6.03. The molecule has 2 aliphatic heterocycles. The lowest BCUT2D eigenvalue weighted by molar-refractivity contribution is 0.171. The molecule has 1 fully saturated rings. The Morgan fingerprint density at radius 1 is 1.11 bits per heavy atom. The van der Waals surface area contributed by atoms with Crippen LogP contribution in [0, 0.1) is 0 Å². The van der Waals surface area contributed by atoms with E-state index in [9.17, 15) is 4.79 Å². The molecule has 7 heteroatoms. The van der Waals surface area contributed by atoms with Gasteiger partial charge >= 0.3 is 0 Å². The van der Waals surface area contributed by atoms with Crippen molar-refractivity contribution in [1.29, 1.82) is 0 Å².